The number of benzene rings is 2. The average Bonchev–Trinajstić information content (AvgIpc) is 3.13. The van der Waals surface area contributed by atoms with Crippen LogP contribution in [0.4, 0.5) is 4.39 Å². The van der Waals surface area contributed by atoms with Crippen molar-refractivity contribution in [3.05, 3.63) is 60.2 Å². The quantitative estimate of drug-likeness (QED) is 0.546. The van der Waals surface area contributed by atoms with E-state index in [-0.39, 0.29) is 37.2 Å². The fourth-order valence-electron chi connectivity index (χ4n) is 3.93. The summed E-state index contributed by atoms with van der Waals surface area (Å²) in [4.78, 5) is 28.8. The SMILES string of the molecule is Cn1c(CC(=O)NNC(=O)C2CCN(S(=O)(=O)c3ccccc3F)CC2)nc2ccccc21. The number of hydrogen-bond donors (Lipinski definition) is 2. The van der Waals surface area contributed by atoms with Gasteiger partial charge in [0.25, 0.3) is 0 Å². The van der Waals surface area contributed by atoms with Crippen molar-refractivity contribution in [2.24, 2.45) is 13.0 Å². The zero-order valence-electron chi connectivity index (χ0n) is 18.0. The Labute approximate surface area is 190 Å². The number of hydrazine groups is 1. The maximum Gasteiger partial charge on any atom is 0.245 e. The molecule has 0 atom stereocenters. The van der Waals surface area contributed by atoms with Crippen LogP contribution in [0.25, 0.3) is 11.0 Å². The first-order valence-electron chi connectivity index (χ1n) is 10.5. The zero-order valence-corrected chi connectivity index (χ0v) is 18.8. The van der Waals surface area contributed by atoms with E-state index in [2.05, 4.69) is 15.8 Å². The van der Waals surface area contributed by atoms with E-state index in [1.807, 2.05) is 35.9 Å². The molecule has 1 saturated heterocycles. The predicted octanol–water partition coefficient (Wildman–Crippen LogP) is 1.50. The number of aromatic nitrogens is 2. The van der Waals surface area contributed by atoms with Crippen LogP contribution in [0, 0.1) is 11.7 Å². The third-order valence-corrected chi connectivity index (χ3v) is 7.73. The van der Waals surface area contributed by atoms with Crippen LogP contribution in [0.2, 0.25) is 0 Å². The Kier molecular flexibility index (Phi) is 6.43. The number of imidazole rings is 1. The maximum absolute atomic E-state index is 13.9. The molecule has 2 amide bonds. The molecule has 174 valence electrons. The summed E-state index contributed by atoms with van der Waals surface area (Å²) in [7, 11) is -2.15. The number of rotatable bonds is 5. The van der Waals surface area contributed by atoms with E-state index in [1.165, 1.54) is 22.5 Å². The van der Waals surface area contributed by atoms with Gasteiger partial charge in [0, 0.05) is 26.1 Å². The number of aryl methyl sites for hydroxylation is 1. The van der Waals surface area contributed by atoms with Gasteiger partial charge in [-0.3, -0.25) is 20.4 Å². The summed E-state index contributed by atoms with van der Waals surface area (Å²) in [5, 5.41) is 0. The van der Waals surface area contributed by atoms with Crippen LogP contribution in [-0.4, -0.2) is 47.2 Å². The Morgan fingerprint density at radius 2 is 1.73 bits per heavy atom. The van der Waals surface area contributed by atoms with Gasteiger partial charge in [0.1, 0.15) is 16.5 Å². The van der Waals surface area contributed by atoms with Crippen LogP contribution in [-0.2, 0) is 33.1 Å². The zero-order chi connectivity index (χ0) is 23.6. The van der Waals surface area contributed by atoms with Crippen LogP contribution in [0.3, 0.4) is 0 Å². The molecule has 0 saturated carbocycles. The lowest BCUT2D eigenvalue weighted by atomic mass is 9.98. The summed E-state index contributed by atoms with van der Waals surface area (Å²) < 4.78 is 42.3. The monoisotopic (exact) mass is 473 g/mol. The molecule has 0 bridgehead atoms. The van der Waals surface area contributed by atoms with E-state index in [4.69, 9.17) is 0 Å². The summed E-state index contributed by atoms with van der Waals surface area (Å²) in [5.41, 5.74) is 6.50. The molecule has 1 aliphatic rings. The highest BCUT2D eigenvalue weighted by atomic mass is 32.2. The Balaban J connectivity index is 1.29. The minimum Gasteiger partial charge on any atom is -0.331 e. The molecule has 2 heterocycles. The maximum atomic E-state index is 13.9. The van der Waals surface area contributed by atoms with Gasteiger partial charge in [-0.05, 0) is 37.1 Å². The van der Waals surface area contributed by atoms with E-state index >= 15 is 0 Å². The molecule has 1 aromatic heterocycles. The largest absolute Gasteiger partial charge is 0.331 e. The smallest absolute Gasteiger partial charge is 0.245 e. The van der Waals surface area contributed by atoms with E-state index < -0.39 is 33.6 Å². The summed E-state index contributed by atoms with van der Waals surface area (Å²) in [6.07, 6.45) is 0.519. The molecule has 2 N–H and O–H groups in total. The number of halogens is 1. The van der Waals surface area contributed by atoms with E-state index in [0.717, 1.165) is 17.1 Å². The van der Waals surface area contributed by atoms with Crippen molar-refractivity contribution in [3.8, 4) is 0 Å². The van der Waals surface area contributed by atoms with Crippen LogP contribution in [0.5, 0.6) is 0 Å². The minimum atomic E-state index is -3.97. The van der Waals surface area contributed by atoms with Gasteiger partial charge < -0.3 is 4.57 Å². The Bertz CT molecular complexity index is 1300. The van der Waals surface area contributed by atoms with Gasteiger partial charge in [-0.1, -0.05) is 24.3 Å². The lowest BCUT2D eigenvalue weighted by Crippen LogP contribution is -2.48. The van der Waals surface area contributed by atoms with Crippen molar-refractivity contribution >= 4 is 32.9 Å². The molecule has 2 aromatic carbocycles. The Hall–Kier alpha value is -3.31. The molecule has 11 heteroatoms. The van der Waals surface area contributed by atoms with Gasteiger partial charge >= 0.3 is 0 Å². The van der Waals surface area contributed by atoms with Gasteiger partial charge in [-0.25, -0.2) is 17.8 Å². The molecular weight excluding hydrogens is 449 g/mol. The molecule has 1 fully saturated rings. The fraction of sp³-hybridized carbons (Fsp3) is 0.318. The lowest BCUT2D eigenvalue weighted by molar-refractivity contribution is -0.131. The van der Waals surface area contributed by atoms with Gasteiger partial charge in [-0.2, -0.15) is 4.31 Å². The van der Waals surface area contributed by atoms with Crippen molar-refractivity contribution in [1.82, 2.24) is 24.7 Å². The fourth-order valence-corrected chi connectivity index (χ4v) is 5.46. The molecule has 0 spiro atoms. The molecule has 0 unspecified atom stereocenters. The second-order valence-corrected chi connectivity index (χ2v) is 9.81. The van der Waals surface area contributed by atoms with Crippen LogP contribution >= 0.6 is 0 Å². The number of piperidine rings is 1. The van der Waals surface area contributed by atoms with E-state index in [1.54, 1.807) is 0 Å². The number of nitrogens with zero attached hydrogens (tertiary/aromatic N) is 3. The Morgan fingerprint density at radius 1 is 1.06 bits per heavy atom. The second-order valence-electron chi connectivity index (χ2n) is 7.90. The van der Waals surface area contributed by atoms with E-state index in [9.17, 15) is 22.4 Å². The highest BCUT2D eigenvalue weighted by Gasteiger charge is 2.33. The number of para-hydroxylation sites is 2. The highest BCUT2D eigenvalue weighted by Crippen LogP contribution is 2.25. The molecule has 9 nitrogen and oxygen atoms in total. The molecule has 3 aromatic rings. The van der Waals surface area contributed by atoms with Crippen molar-refractivity contribution in [3.63, 3.8) is 0 Å². The third kappa shape index (κ3) is 4.74. The van der Waals surface area contributed by atoms with Gasteiger partial charge in [0.05, 0.1) is 17.5 Å². The Morgan fingerprint density at radius 3 is 2.42 bits per heavy atom. The number of carbonyl (C=O) groups is 2. The lowest BCUT2D eigenvalue weighted by Gasteiger charge is -2.30. The topological polar surface area (TPSA) is 113 Å². The minimum absolute atomic E-state index is 0.00914. The summed E-state index contributed by atoms with van der Waals surface area (Å²) in [6, 6.07) is 12.7. The molecule has 33 heavy (non-hydrogen) atoms. The third-order valence-electron chi connectivity index (χ3n) is 5.80. The van der Waals surface area contributed by atoms with Crippen molar-refractivity contribution < 1.29 is 22.4 Å². The van der Waals surface area contributed by atoms with Crippen LogP contribution < -0.4 is 10.9 Å². The first-order valence-corrected chi connectivity index (χ1v) is 11.9. The second kappa shape index (κ2) is 9.28. The first-order chi connectivity index (χ1) is 15.8. The predicted molar refractivity (Wildman–Crippen MR) is 119 cm³/mol. The van der Waals surface area contributed by atoms with E-state index in [0.29, 0.717) is 5.82 Å². The number of fused-ring (bicyclic) bond motifs is 1. The number of amides is 2. The molecule has 0 radical (unpaired) electrons. The molecule has 0 aliphatic carbocycles. The standard InChI is InChI=1S/C22H24FN5O4S/c1-27-18-8-4-3-7-17(18)24-20(27)14-21(29)25-26-22(30)15-10-12-28(13-11-15)33(31,32)19-9-5-2-6-16(19)23/h2-9,15H,10-14H2,1H3,(H,25,29)(H,26,30). The van der Waals surface area contributed by atoms with Gasteiger partial charge in [0.15, 0.2) is 0 Å². The van der Waals surface area contributed by atoms with Crippen LogP contribution in [0.15, 0.2) is 53.4 Å². The van der Waals surface area contributed by atoms with Crippen LogP contribution in [0.1, 0.15) is 18.7 Å². The number of sulfonamides is 1. The summed E-state index contributed by atoms with van der Waals surface area (Å²) in [5.74, 6) is -1.51. The summed E-state index contributed by atoms with van der Waals surface area (Å²) in [6.45, 7) is 0.172. The molecule has 4 rings (SSSR count). The van der Waals surface area contributed by atoms with Gasteiger partial charge in [-0.15, -0.1) is 0 Å². The average molecular weight is 474 g/mol. The number of hydrogen-bond acceptors (Lipinski definition) is 5. The van der Waals surface area contributed by atoms with Crippen molar-refractivity contribution in [1.29, 1.82) is 0 Å². The number of carbonyl (C=O) groups excluding carboxylic acids is 2. The first kappa shape index (κ1) is 22.9. The molecular formula is C22H24FN5O4S. The number of nitrogens with one attached hydrogen (secondary N) is 2. The molecule has 1 aliphatic heterocycles. The highest BCUT2D eigenvalue weighted by molar-refractivity contribution is 7.89. The van der Waals surface area contributed by atoms with Crippen molar-refractivity contribution in [2.45, 2.75) is 24.2 Å². The normalized spacial score (nSPS) is 15.5. The van der Waals surface area contributed by atoms with Crippen molar-refractivity contribution in [2.75, 3.05) is 13.1 Å². The van der Waals surface area contributed by atoms with Gasteiger partial charge in [0.2, 0.25) is 21.8 Å². The summed E-state index contributed by atoms with van der Waals surface area (Å²) >= 11 is 0.